The number of benzene rings is 2. The molecule has 3 rings (SSSR count). The van der Waals surface area contributed by atoms with Crippen molar-refractivity contribution in [3.63, 3.8) is 0 Å². The Kier molecular flexibility index (Phi) is 6.59. The first kappa shape index (κ1) is 20.6. The van der Waals surface area contributed by atoms with Crippen molar-refractivity contribution in [1.82, 2.24) is 4.31 Å². The van der Waals surface area contributed by atoms with Crippen molar-refractivity contribution >= 4 is 33.2 Å². The fourth-order valence-corrected chi connectivity index (χ4v) is 4.72. The first-order chi connectivity index (χ1) is 13.4. The van der Waals surface area contributed by atoms with Gasteiger partial charge in [0.1, 0.15) is 5.75 Å². The Morgan fingerprint density at radius 3 is 2.39 bits per heavy atom. The Morgan fingerprint density at radius 2 is 1.79 bits per heavy atom. The van der Waals surface area contributed by atoms with E-state index < -0.39 is 16.1 Å². The summed E-state index contributed by atoms with van der Waals surface area (Å²) in [5.41, 5.74) is 0.506. The smallest absolute Gasteiger partial charge is 0.265 e. The number of para-hydroxylation sites is 1. The minimum atomic E-state index is -3.47. The van der Waals surface area contributed by atoms with Crippen molar-refractivity contribution in [1.29, 1.82) is 0 Å². The molecule has 0 spiro atoms. The zero-order valence-corrected chi connectivity index (χ0v) is 17.2. The number of carbonyl (C=O) groups excluding carboxylic acids is 1. The van der Waals surface area contributed by atoms with Gasteiger partial charge in [0.25, 0.3) is 5.91 Å². The van der Waals surface area contributed by atoms with Crippen LogP contribution in [0, 0.1) is 0 Å². The van der Waals surface area contributed by atoms with Gasteiger partial charge in [-0.15, -0.1) is 0 Å². The molecule has 1 atom stereocenters. The Hall–Kier alpha value is -2.09. The van der Waals surface area contributed by atoms with E-state index in [1.54, 1.807) is 36.4 Å². The standard InChI is InChI=1S/C20H23ClN2O4S/c1-2-18(27-19-8-4-3-7-17(19)21)20(24)22-15-9-11-16(12-10-15)28(25,26)23-13-5-6-14-23/h3-4,7-12,18H,2,5-6,13-14H2,1H3,(H,22,24). The maximum absolute atomic E-state index is 12.6. The molecule has 6 nitrogen and oxygen atoms in total. The largest absolute Gasteiger partial charge is 0.479 e. The predicted octanol–water partition coefficient (Wildman–Crippen LogP) is 3.92. The SMILES string of the molecule is CCC(Oc1ccccc1Cl)C(=O)Nc1ccc(S(=O)(=O)N2CCCC2)cc1. The third-order valence-electron chi connectivity index (χ3n) is 4.59. The average Bonchev–Trinajstić information content (AvgIpc) is 3.23. The van der Waals surface area contributed by atoms with Crippen LogP contribution >= 0.6 is 11.6 Å². The number of hydrogen-bond acceptors (Lipinski definition) is 4. The van der Waals surface area contributed by atoms with Crippen LogP contribution in [0.25, 0.3) is 0 Å². The molecule has 1 N–H and O–H groups in total. The lowest BCUT2D eigenvalue weighted by Gasteiger charge is -2.18. The fourth-order valence-electron chi connectivity index (χ4n) is 3.03. The Labute approximate surface area is 170 Å². The summed E-state index contributed by atoms with van der Waals surface area (Å²) in [6, 6.07) is 13.2. The number of nitrogens with one attached hydrogen (secondary N) is 1. The zero-order valence-electron chi connectivity index (χ0n) is 15.6. The second kappa shape index (κ2) is 8.94. The van der Waals surface area contributed by atoms with E-state index in [1.165, 1.54) is 16.4 Å². The highest BCUT2D eigenvalue weighted by atomic mass is 35.5. The summed E-state index contributed by atoms with van der Waals surface area (Å²) in [6.45, 7) is 2.95. The third-order valence-corrected chi connectivity index (χ3v) is 6.82. The number of sulfonamides is 1. The molecule has 0 bridgehead atoms. The number of rotatable bonds is 7. The van der Waals surface area contributed by atoms with E-state index in [0.717, 1.165) is 12.8 Å². The van der Waals surface area contributed by atoms with Crippen LogP contribution in [0.15, 0.2) is 53.4 Å². The molecule has 150 valence electrons. The van der Waals surface area contributed by atoms with Crippen LogP contribution in [-0.2, 0) is 14.8 Å². The van der Waals surface area contributed by atoms with Crippen molar-refractivity contribution in [2.24, 2.45) is 0 Å². The number of nitrogens with zero attached hydrogens (tertiary/aromatic N) is 1. The summed E-state index contributed by atoms with van der Waals surface area (Å²) in [4.78, 5) is 12.8. The number of anilines is 1. The van der Waals surface area contributed by atoms with E-state index in [9.17, 15) is 13.2 Å². The van der Waals surface area contributed by atoms with Gasteiger partial charge in [-0.3, -0.25) is 4.79 Å². The highest BCUT2D eigenvalue weighted by molar-refractivity contribution is 7.89. The molecule has 1 fully saturated rings. The molecular formula is C20H23ClN2O4S. The summed E-state index contributed by atoms with van der Waals surface area (Å²) in [5, 5.41) is 3.20. The Morgan fingerprint density at radius 1 is 1.14 bits per heavy atom. The molecule has 28 heavy (non-hydrogen) atoms. The minimum Gasteiger partial charge on any atom is -0.479 e. The summed E-state index contributed by atoms with van der Waals surface area (Å²) in [7, 11) is -3.47. The van der Waals surface area contributed by atoms with Crippen LogP contribution < -0.4 is 10.1 Å². The molecule has 2 aromatic rings. The molecule has 1 aliphatic rings. The van der Waals surface area contributed by atoms with E-state index in [1.807, 2.05) is 6.92 Å². The normalized spacial score (nSPS) is 15.9. The van der Waals surface area contributed by atoms with E-state index in [-0.39, 0.29) is 10.8 Å². The molecule has 1 unspecified atom stereocenters. The second-order valence-corrected chi connectivity index (χ2v) is 8.92. The Bertz CT molecular complexity index is 925. The molecule has 8 heteroatoms. The van der Waals surface area contributed by atoms with Crippen molar-refractivity contribution in [3.05, 3.63) is 53.6 Å². The highest BCUT2D eigenvalue weighted by Gasteiger charge is 2.27. The van der Waals surface area contributed by atoms with E-state index in [4.69, 9.17) is 16.3 Å². The van der Waals surface area contributed by atoms with Gasteiger partial charge in [-0.2, -0.15) is 4.31 Å². The van der Waals surface area contributed by atoms with Gasteiger partial charge in [-0.1, -0.05) is 30.7 Å². The first-order valence-corrected chi connectivity index (χ1v) is 11.1. The first-order valence-electron chi connectivity index (χ1n) is 9.24. The molecular weight excluding hydrogens is 400 g/mol. The summed E-state index contributed by atoms with van der Waals surface area (Å²) < 4.78 is 32.3. The van der Waals surface area contributed by atoms with Gasteiger partial charge in [-0.05, 0) is 55.7 Å². The molecule has 0 radical (unpaired) electrons. The predicted molar refractivity (Wildman–Crippen MR) is 109 cm³/mol. The maximum Gasteiger partial charge on any atom is 0.265 e. The summed E-state index contributed by atoms with van der Waals surface area (Å²) in [5.74, 6) is 0.121. The van der Waals surface area contributed by atoms with E-state index in [0.29, 0.717) is 36.0 Å². The summed E-state index contributed by atoms with van der Waals surface area (Å²) in [6.07, 6.45) is 1.51. The molecule has 0 aromatic heterocycles. The molecule has 0 saturated carbocycles. The van der Waals surface area contributed by atoms with E-state index >= 15 is 0 Å². The maximum atomic E-state index is 12.6. The number of amides is 1. The Balaban J connectivity index is 1.67. The van der Waals surface area contributed by atoms with Gasteiger partial charge in [-0.25, -0.2) is 8.42 Å². The lowest BCUT2D eigenvalue weighted by molar-refractivity contribution is -0.122. The lowest BCUT2D eigenvalue weighted by atomic mass is 10.2. The number of hydrogen-bond donors (Lipinski definition) is 1. The summed E-state index contributed by atoms with van der Waals surface area (Å²) >= 11 is 6.09. The van der Waals surface area contributed by atoms with Crippen molar-refractivity contribution < 1.29 is 17.9 Å². The highest BCUT2D eigenvalue weighted by Crippen LogP contribution is 2.26. The van der Waals surface area contributed by atoms with Crippen LogP contribution in [0.4, 0.5) is 5.69 Å². The molecule has 0 aliphatic carbocycles. The number of carbonyl (C=O) groups is 1. The quantitative estimate of drug-likeness (QED) is 0.733. The van der Waals surface area contributed by atoms with Gasteiger partial charge in [0, 0.05) is 18.8 Å². The molecule has 1 heterocycles. The van der Waals surface area contributed by atoms with Gasteiger partial charge in [0.15, 0.2) is 6.10 Å². The lowest BCUT2D eigenvalue weighted by Crippen LogP contribution is -2.32. The van der Waals surface area contributed by atoms with Crippen LogP contribution in [-0.4, -0.2) is 37.8 Å². The van der Waals surface area contributed by atoms with Gasteiger partial charge < -0.3 is 10.1 Å². The molecule has 1 amide bonds. The van der Waals surface area contributed by atoms with Crippen molar-refractivity contribution in [2.75, 3.05) is 18.4 Å². The van der Waals surface area contributed by atoms with Gasteiger partial charge in [0.05, 0.1) is 9.92 Å². The molecule has 1 aliphatic heterocycles. The van der Waals surface area contributed by atoms with Crippen LogP contribution in [0.1, 0.15) is 26.2 Å². The van der Waals surface area contributed by atoms with Gasteiger partial charge in [0.2, 0.25) is 10.0 Å². The van der Waals surface area contributed by atoms with Crippen LogP contribution in [0.3, 0.4) is 0 Å². The zero-order chi connectivity index (χ0) is 20.1. The minimum absolute atomic E-state index is 0.228. The second-order valence-electron chi connectivity index (χ2n) is 6.57. The third kappa shape index (κ3) is 4.66. The number of ether oxygens (including phenoxy) is 1. The van der Waals surface area contributed by atoms with Crippen LogP contribution in [0.2, 0.25) is 5.02 Å². The van der Waals surface area contributed by atoms with Gasteiger partial charge >= 0.3 is 0 Å². The van der Waals surface area contributed by atoms with E-state index in [2.05, 4.69) is 5.32 Å². The molecule has 2 aromatic carbocycles. The monoisotopic (exact) mass is 422 g/mol. The topological polar surface area (TPSA) is 75.7 Å². The number of halogens is 1. The molecule has 1 saturated heterocycles. The van der Waals surface area contributed by atoms with Crippen molar-refractivity contribution in [2.45, 2.75) is 37.2 Å². The van der Waals surface area contributed by atoms with Crippen LogP contribution in [0.5, 0.6) is 5.75 Å². The fraction of sp³-hybridized carbons (Fsp3) is 0.350. The average molecular weight is 423 g/mol. The van der Waals surface area contributed by atoms with Crippen molar-refractivity contribution in [3.8, 4) is 5.75 Å².